The Hall–Kier alpha value is 0.997. The number of alkyl halides is 4. The number of hydrogen-bond donors (Lipinski definition) is 0. The summed E-state index contributed by atoms with van der Waals surface area (Å²) in [5, 5.41) is 0.108. The molecule has 0 saturated heterocycles. The molecule has 0 radical (unpaired) electrons. The number of rotatable bonds is 5. The molecule has 0 N–H and O–H groups in total. The molecule has 0 aliphatic rings. The highest BCUT2D eigenvalue weighted by atomic mass is 79.9. The second-order valence-electron chi connectivity index (χ2n) is 5.49. The summed E-state index contributed by atoms with van der Waals surface area (Å²) in [6.45, 7) is 10.9. The normalized spacial score (nSPS) is 16.3. The van der Waals surface area contributed by atoms with Crippen molar-refractivity contribution in [3.05, 3.63) is 0 Å². The highest BCUT2D eigenvalue weighted by molar-refractivity contribution is 9.10. The lowest BCUT2D eigenvalue weighted by molar-refractivity contribution is 0.0978. The summed E-state index contributed by atoms with van der Waals surface area (Å²) < 4.78 is 31.2. The maximum Gasteiger partial charge on any atom is 0.302 e. The van der Waals surface area contributed by atoms with E-state index in [0.717, 1.165) is 0 Å². The van der Waals surface area contributed by atoms with Crippen LogP contribution in [0.5, 0.6) is 0 Å². The zero-order chi connectivity index (χ0) is 13.2. The second-order valence-corrected chi connectivity index (χ2v) is 12.8. The predicted molar refractivity (Wildman–Crippen MR) is 74.4 cm³/mol. The van der Waals surface area contributed by atoms with Crippen LogP contribution in [0.1, 0.15) is 27.2 Å². The van der Waals surface area contributed by atoms with Gasteiger partial charge in [0.15, 0.2) is 8.32 Å². The Morgan fingerprint density at radius 3 is 2.00 bits per heavy atom. The minimum absolute atomic E-state index is 0.108. The lowest BCUT2D eigenvalue weighted by Gasteiger charge is -2.36. The molecule has 0 aromatic heterocycles. The van der Waals surface area contributed by atoms with Gasteiger partial charge in [0.25, 0.3) is 0 Å². The standard InChI is InChI=1S/C10H20Br2F2OSi/c1-9(2,3)16(4,5)15-7-8(11)6-10(12,13)14/h8H,6-7H2,1-5H3. The van der Waals surface area contributed by atoms with Crippen molar-refractivity contribution in [2.45, 2.75) is 55.0 Å². The minimum Gasteiger partial charge on any atom is -0.416 e. The zero-order valence-electron chi connectivity index (χ0n) is 10.4. The summed E-state index contributed by atoms with van der Waals surface area (Å²) in [6.07, 6.45) is -0.262. The molecule has 1 atom stereocenters. The van der Waals surface area contributed by atoms with Gasteiger partial charge in [-0.05, 0) is 34.1 Å². The molecule has 0 bridgehead atoms. The van der Waals surface area contributed by atoms with Crippen molar-refractivity contribution in [3.8, 4) is 0 Å². The fourth-order valence-corrected chi connectivity index (χ4v) is 3.48. The van der Waals surface area contributed by atoms with E-state index in [1.807, 2.05) is 0 Å². The van der Waals surface area contributed by atoms with Crippen LogP contribution in [0.4, 0.5) is 8.78 Å². The molecule has 0 fully saturated rings. The predicted octanol–water partition coefficient (Wildman–Crippen LogP) is 5.15. The monoisotopic (exact) mass is 380 g/mol. The Morgan fingerprint density at radius 1 is 1.25 bits per heavy atom. The van der Waals surface area contributed by atoms with Gasteiger partial charge in [-0.3, -0.25) is 0 Å². The van der Waals surface area contributed by atoms with Crippen molar-refractivity contribution in [3.63, 3.8) is 0 Å². The summed E-state index contributed by atoms with van der Waals surface area (Å²) in [4.78, 5) is -3.14. The van der Waals surface area contributed by atoms with Crippen molar-refractivity contribution >= 4 is 40.2 Å². The molecule has 0 amide bonds. The average Bonchev–Trinajstić information content (AvgIpc) is 1.95. The van der Waals surface area contributed by atoms with Gasteiger partial charge in [-0.15, -0.1) is 0 Å². The van der Waals surface area contributed by atoms with E-state index in [9.17, 15) is 8.78 Å². The van der Waals surface area contributed by atoms with Gasteiger partial charge >= 0.3 is 4.83 Å². The molecular formula is C10H20Br2F2OSi. The Labute approximate surface area is 115 Å². The van der Waals surface area contributed by atoms with Crippen molar-refractivity contribution in [1.82, 2.24) is 0 Å². The van der Waals surface area contributed by atoms with Gasteiger partial charge in [-0.1, -0.05) is 36.7 Å². The third kappa shape index (κ3) is 6.66. The SMILES string of the molecule is CC(C)(C)[Si](C)(C)OCC(Br)CC(F)(F)Br. The van der Waals surface area contributed by atoms with Gasteiger partial charge in [-0.2, -0.15) is 8.78 Å². The van der Waals surface area contributed by atoms with Gasteiger partial charge < -0.3 is 4.43 Å². The van der Waals surface area contributed by atoms with E-state index in [0.29, 0.717) is 6.61 Å². The van der Waals surface area contributed by atoms with Crippen molar-refractivity contribution in [2.24, 2.45) is 0 Å². The molecule has 0 aliphatic heterocycles. The first-order valence-electron chi connectivity index (χ1n) is 5.20. The number of halogens is 4. The lowest BCUT2D eigenvalue weighted by atomic mass is 10.2. The minimum atomic E-state index is -2.82. The molecule has 0 rings (SSSR count). The smallest absolute Gasteiger partial charge is 0.302 e. The molecule has 0 aliphatic carbocycles. The van der Waals surface area contributed by atoms with E-state index >= 15 is 0 Å². The van der Waals surface area contributed by atoms with E-state index in [-0.39, 0.29) is 16.3 Å². The highest BCUT2D eigenvalue weighted by Crippen LogP contribution is 2.37. The van der Waals surface area contributed by atoms with E-state index in [2.05, 4.69) is 65.7 Å². The quantitative estimate of drug-likeness (QED) is 0.472. The summed E-state index contributed by atoms with van der Waals surface area (Å²) >= 11 is 5.55. The van der Waals surface area contributed by atoms with Gasteiger partial charge in [0.1, 0.15) is 0 Å². The highest BCUT2D eigenvalue weighted by Gasteiger charge is 2.38. The Bertz CT molecular complexity index is 224. The van der Waals surface area contributed by atoms with Crippen LogP contribution in [0.3, 0.4) is 0 Å². The Morgan fingerprint density at radius 2 is 1.69 bits per heavy atom. The molecule has 0 spiro atoms. The van der Waals surface area contributed by atoms with Crippen molar-refractivity contribution in [2.75, 3.05) is 6.61 Å². The van der Waals surface area contributed by atoms with E-state index in [1.165, 1.54) is 0 Å². The van der Waals surface area contributed by atoms with Crippen LogP contribution in [-0.4, -0.2) is 24.6 Å². The van der Waals surface area contributed by atoms with E-state index in [4.69, 9.17) is 4.43 Å². The Balaban J connectivity index is 4.16. The average molecular weight is 382 g/mol. The molecule has 1 unspecified atom stereocenters. The van der Waals surface area contributed by atoms with Crippen LogP contribution < -0.4 is 0 Å². The Kier molecular flexibility index (Phi) is 6.12. The van der Waals surface area contributed by atoms with Crippen LogP contribution in [0.15, 0.2) is 0 Å². The van der Waals surface area contributed by atoms with Crippen LogP contribution in [0, 0.1) is 0 Å². The van der Waals surface area contributed by atoms with E-state index in [1.54, 1.807) is 0 Å². The van der Waals surface area contributed by atoms with Gasteiger partial charge in [-0.25, -0.2) is 0 Å². The van der Waals surface area contributed by atoms with Crippen molar-refractivity contribution < 1.29 is 13.2 Å². The van der Waals surface area contributed by atoms with E-state index < -0.39 is 13.1 Å². The summed E-state index contributed by atoms with van der Waals surface area (Å²) in [6, 6.07) is 0. The third-order valence-corrected chi connectivity index (χ3v) is 8.30. The summed E-state index contributed by atoms with van der Waals surface area (Å²) in [7, 11) is -1.83. The first kappa shape index (κ1) is 17.0. The molecule has 0 saturated carbocycles. The third-order valence-electron chi connectivity index (χ3n) is 2.88. The molecule has 1 nitrogen and oxygen atoms in total. The first-order valence-corrected chi connectivity index (χ1v) is 9.81. The molecule has 98 valence electrons. The molecule has 0 aromatic carbocycles. The number of hydrogen-bond acceptors (Lipinski definition) is 1. The van der Waals surface area contributed by atoms with Crippen LogP contribution >= 0.6 is 31.9 Å². The van der Waals surface area contributed by atoms with Gasteiger partial charge in [0.05, 0.1) is 0 Å². The fourth-order valence-electron chi connectivity index (χ4n) is 0.825. The van der Waals surface area contributed by atoms with Crippen LogP contribution in [-0.2, 0) is 4.43 Å². The molecule has 6 heteroatoms. The fraction of sp³-hybridized carbons (Fsp3) is 1.00. The van der Waals surface area contributed by atoms with Crippen LogP contribution in [0.25, 0.3) is 0 Å². The molecule has 0 aromatic rings. The maximum absolute atomic E-state index is 12.7. The van der Waals surface area contributed by atoms with Gasteiger partial charge in [0.2, 0.25) is 0 Å². The first-order chi connectivity index (χ1) is 6.85. The second kappa shape index (κ2) is 5.76. The lowest BCUT2D eigenvalue weighted by Crippen LogP contribution is -2.42. The van der Waals surface area contributed by atoms with Gasteiger partial charge in [0, 0.05) is 17.9 Å². The molecule has 0 heterocycles. The van der Waals surface area contributed by atoms with Crippen LogP contribution in [0.2, 0.25) is 18.1 Å². The molecular weight excluding hydrogens is 362 g/mol. The van der Waals surface area contributed by atoms with Crippen molar-refractivity contribution in [1.29, 1.82) is 0 Å². The largest absolute Gasteiger partial charge is 0.416 e. The summed E-state index contributed by atoms with van der Waals surface area (Å²) in [5.74, 6) is 0. The topological polar surface area (TPSA) is 9.23 Å². The summed E-state index contributed by atoms with van der Waals surface area (Å²) in [5.41, 5.74) is 0. The zero-order valence-corrected chi connectivity index (χ0v) is 14.6. The molecule has 16 heavy (non-hydrogen) atoms. The maximum atomic E-state index is 12.7.